The summed E-state index contributed by atoms with van der Waals surface area (Å²) in [5.41, 5.74) is 1.79. The number of rotatable bonds is 8. The molecule has 0 radical (unpaired) electrons. The van der Waals surface area contributed by atoms with Gasteiger partial charge in [-0.1, -0.05) is 11.6 Å². The van der Waals surface area contributed by atoms with Gasteiger partial charge >= 0.3 is 0 Å². The molecule has 1 aromatic rings. The van der Waals surface area contributed by atoms with Crippen molar-refractivity contribution in [2.45, 2.75) is 32.1 Å². The fourth-order valence-electron chi connectivity index (χ4n) is 2.68. The van der Waals surface area contributed by atoms with Gasteiger partial charge in [0, 0.05) is 18.7 Å². The summed E-state index contributed by atoms with van der Waals surface area (Å²) in [5, 5.41) is 16.6. The van der Waals surface area contributed by atoms with Gasteiger partial charge in [-0.2, -0.15) is 0 Å². The first-order chi connectivity index (χ1) is 11.6. The Morgan fingerprint density at radius 2 is 2.21 bits per heavy atom. The molecule has 0 spiro atoms. The van der Waals surface area contributed by atoms with Gasteiger partial charge in [0.2, 0.25) is 5.91 Å². The molecule has 1 aromatic carbocycles. The van der Waals surface area contributed by atoms with Crippen LogP contribution in [0.3, 0.4) is 0 Å². The number of carbonyl (C=O) groups is 1. The molecule has 1 aliphatic carbocycles. The van der Waals surface area contributed by atoms with Crippen molar-refractivity contribution in [2.75, 3.05) is 25.5 Å². The molecule has 0 heterocycles. The van der Waals surface area contributed by atoms with Crippen LogP contribution in [0.4, 0.5) is 11.4 Å². The lowest BCUT2D eigenvalue weighted by Gasteiger charge is -2.14. The van der Waals surface area contributed by atoms with Crippen molar-refractivity contribution in [2.24, 2.45) is 0 Å². The van der Waals surface area contributed by atoms with E-state index in [9.17, 15) is 14.9 Å². The molecule has 1 amide bonds. The third-order valence-electron chi connectivity index (χ3n) is 3.99. The van der Waals surface area contributed by atoms with Crippen molar-refractivity contribution < 1.29 is 14.5 Å². The number of amides is 1. The van der Waals surface area contributed by atoms with E-state index in [4.69, 9.17) is 4.74 Å². The molecular formula is C17H23N3O4. The van der Waals surface area contributed by atoms with Crippen LogP contribution in [-0.4, -0.2) is 31.0 Å². The van der Waals surface area contributed by atoms with Gasteiger partial charge < -0.3 is 15.4 Å². The van der Waals surface area contributed by atoms with Crippen LogP contribution >= 0.6 is 0 Å². The van der Waals surface area contributed by atoms with Gasteiger partial charge in [0.1, 0.15) is 5.75 Å². The van der Waals surface area contributed by atoms with E-state index in [1.54, 1.807) is 0 Å². The lowest BCUT2D eigenvalue weighted by molar-refractivity contribution is -0.384. The largest absolute Gasteiger partial charge is 0.495 e. The molecule has 24 heavy (non-hydrogen) atoms. The number of ether oxygens (including phenoxy) is 1. The number of nitrogens with zero attached hydrogens (tertiary/aromatic N) is 1. The topological polar surface area (TPSA) is 93.5 Å². The van der Waals surface area contributed by atoms with Crippen LogP contribution in [0.2, 0.25) is 0 Å². The highest BCUT2D eigenvalue weighted by molar-refractivity contribution is 5.81. The molecule has 2 rings (SSSR count). The van der Waals surface area contributed by atoms with Crippen molar-refractivity contribution in [3.8, 4) is 5.75 Å². The molecule has 2 N–H and O–H groups in total. The van der Waals surface area contributed by atoms with Gasteiger partial charge in [-0.25, -0.2) is 0 Å². The second kappa shape index (κ2) is 8.90. The maximum absolute atomic E-state index is 11.9. The Morgan fingerprint density at radius 3 is 2.88 bits per heavy atom. The highest BCUT2D eigenvalue weighted by Gasteiger charge is 2.12. The zero-order valence-corrected chi connectivity index (χ0v) is 13.8. The number of nitro groups is 1. The zero-order chi connectivity index (χ0) is 17.4. The number of benzene rings is 1. The minimum absolute atomic E-state index is 0.0383. The Kier molecular flexibility index (Phi) is 6.60. The summed E-state index contributed by atoms with van der Waals surface area (Å²) in [4.78, 5) is 22.3. The summed E-state index contributed by atoms with van der Waals surface area (Å²) in [6, 6.07) is 4.23. The van der Waals surface area contributed by atoms with E-state index in [2.05, 4.69) is 16.7 Å². The van der Waals surface area contributed by atoms with Gasteiger partial charge in [0.05, 0.1) is 24.3 Å². The fraction of sp³-hybridized carbons (Fsp3) is 0.471. The van der Waals surface area contributed by atoms with Crippen LogP contribution in [0.25, 0.3) is 0 Å². The monoisotopic (exact) mass is 333 g/mol. The number of hydrogen-bond acceptors (Lipinski definition) is 5. The predicted octanol–water partition coefficient (Wildman–Crippen LogP) is 3.02. The van der Waals surface area contributed by atoms with Crippen molar-refractivity contribution in [1.29, 1.82) is 0 Å². The minimum atomic E-state index is -0.484. The lowest BCUT2D eigenvalue weighted by atomic mass is 9.97. The van der Waals surface area contributed by atoms with Crippen LogP contribution < -0.4 is 15.4 Å². The maximum Gasteiger partial charge on any atom is 0.271 e. The summed E-state index contributed by atoms with van der Waals surface area (Å²) < 4.78 is 5.15. The van der Waals surface area contributed by atoms with E-state index in [1.807, 2.05) is 0 Å². The van der Waals surface area contributed by atoms with E-state index in [-0.39, 0.29) is 18.1 Å². The Morgan fingerprint density at radius 1 is 1.38 bits per heavy atom. The van der Waals surface area contributed by atoms with Gasteiger partial charge in [0.25, 0.3) is 5.69 Å². The van der Waals surface area contributed by atoms with E-state index in [1.165, 1.54) is 43.7 Å². The number of carbonyl (C=O) groups excluding carboxylic acids is 1. The quantitative estimate of drug-likeness (QED) is 0.433. The first-order valence-corrected chi connectivity index (χ1v) is 8.11. The fourth-order valence-corrected chi connectivity index (χ4v) is 2.68. The Hall–Kier alpha value is -2.57. The third kappa shape index (κ3) is 5.26. The molecule has 1 aliphatic rings. The van der Waals surface area contributed by atoms with E-state index in [0.29, 0.717) is 18.0 Å². The number of anilines is 1. The Bertz CT molecular complexity index is 628. The molecule has 0 bridgehead atoms. The van der Waals surface area contributed by atoms with Crippen molar-refractivity contribution in [1.82, 2.24) is 5.32 Å². The first kappa shape index (κ1) is 17.8. The number of hydrogen-bond donors (Lipinski definition) is 2. The summed E-state index contributed by atoms with van der Waals surface area (Å²) in [6.45, 7) is 0.648. The highest BCUT2D eigenvalue weighted by Crippen LogP contribution is 2.28. The molecule has 0 saturated heterocycles. The standard InChI is InChI=1S/C17H23N3O4/c1-24-16-8-7-14(20(22)23)11-15(16)19-12-17(21)18-10-9-13-5-3-2-4-6-13/h5,7-8,11,19H,2-4,6,9-10,12H2,1H3,(H,18,21). The molecule has 7 heteroatoms. The van der Waals surface area contributed by atoms with Crippen LogP contribution in [0.15, 0.2) is 29.8 Å². The van der Waals surface area contributed by atoms with Crippen molar-refractivity contribution >= 4 is 17.3 Å². The minimum Gasteiger partial charge on any atom is -0.495 e. The number of nitro benzene ring substituents is 1. The zero-order valence-electron chi connectivity index (χ0n) is 13.8. The first-order valence-electron chi connectivity index (χ1n) is 8.11. The van der Waals surface area contributed by atoms with Gasteiger partial charge in [0.15, 0.2) is 0 Å². The van der Waals surface area contributed by atoms with Gasteiger partial charge in [-0.05, 0) is 38.2 Å². The Balaban J connectivity index is 1.81. The van der Waals surface area contributed by atoms with Crippen molar-refractivity contribution in [3.63, 3.8) is 0 Å². The highest BCUT2D eigenvalue weighted by atomic mass is 16.6. The molecule has 0 atom stereocenters. The molecule has 7 nitrogen and oxygen atoms in total. The molecule has 0 unspecified atom stereocenters. The number of non-ortho nitro benzene ring substituents is 1. The van der Waals surface area contributed by atoms with E-state index >= 15 is 0 Å². The Labute approximate surface area is 141 Å². The molecule has 130 valence electrons. The van der Waals surface area contributed by atoms with Crippen LogP contribution in [-0.2, 0) is 4.79 Å². The SMILES string of the molecule is COc1ccc([N+](=O)[O-])cc1NCC(=O)NCCC1=CCCCC1. The summed E-state index contributed by atoms with van der Waals surface area (Å²) in [7, 11) is 1.48. The van der Waals surface area contributed by atoms with E-state index in [0.717, 1.165) is 19.3 Å². The second-order valence-electron chi connectivity index (χ2n) is 5.70. The molecule has 0 aromatic heterocycles. The third-order valence-corrected chi connectivity index (χ3v) is 3.99. The average molecular weight is 333 g/mol. The molecular weight excluding hydrogens is 310 g/mol. The summed E-state index contributed by atoms with van der Waals surface area (Å²) in [5.74, 6) is 0.306. The number of methoxy groups -OCH3 is 1. The van der Waals surface area contributed by atoms with Gasteiger partial charge in [-0.3, -0.25) is 14.9 Å². The van der Waals surface area contributed by atoms with Crippen LogP contribution in [0.5, 0.6) is 5.75 Å². The molecule has 0 fully saturated rings. The normalized spacial score (nSPS) is 13.8. The molecule has 0 aliphatic heterocycles. The van der Waals surface area contributed by atoms with Gasteiger partial charge in [-0.15, -0.1) is 0 Å². The van der Waals surface area contributed by atoms with E-state index < -0.39 is 4.92 Å². The number of allylic oxidation sites excluding steroid dienone is 1. The molecule has 0 saturated carbocycles. The van der Waals surface area contributed by atoms with Crippen molar-refractivity contribution in [3.05, 3.63) is 40.0 Å². The summed E-state index contributed by atoms with van der Waals surface area (Å²) >= 11 is 0. The average Bonchev–Trinajstić information content (AvgIpc) is 2.60. The van der Waals surface area contributed by atoms with Crippen LogP contribution in [0, 0.1) is 10.1 Å². The lowest BCUT2D eigenvalue weighted by Crippen LogP contribution is -2.31. The maximum atomic E-state index is 11.9. The number of nitrogens with one attached hydrogen (secondary N) is 2. The second-order valence-corrected chi connectivity index (χ2v) is 5.70. The predicted molar refractivity (Wildman–Crippen MR) is 92.3 cm³/mol. The summed E-state index contributed by atoms with van der Waals surface area (Å²) in [6.07, 6.45) is 7.89. The smallest absolute Gasteiger partial charge is 0.271 e. The van der Waals surface area contributed by atoms with Crippen LogP contribution in [0.1, 0.15) is 32.1 Å².